The van der Waals surface area contributed by atoms with E-state index in [2.05, 4.69) is 5.32 Å². The third kappa shape index (κ3) is 5.37. The van der Waals surface area contributed by atoms with E-state index >= 15 is 0 Å². The number of rotatable bonds is 7. The average molecular weight is 383 g/mol. The van der Waals surface area contributed by atoms with Crippen molar-refractivity contribution in [3.63, 3.8) is 0 Å². The molecule has 0 unspecified atom stereocenters. The molecule has 0 aromatic heterocycles. The molecule has 0 spiro atoms. The van der Waals surface area contributed by atoms with Crippen LogP contribution in [-0.2, 0) is 14.8 Å². The molecule has 0 heterocycles. The first-order valence-corrected chi connectivity index (χ1v) is 9.79. The van der Waals surface area contributed by atoms with Crippen molar-refractivity contribution in [2.24, 2.45) is 0 Å². The summed E-state index contributed by atoms with van der Waals surface area (Å²) in [6, 6.07) is 13.2. The van der Waals surface area contributed by atoms with Crippen LogP contribution in [0.25, 0.3) is 0 Å². The molecule has 8 heteroatoms. The number of para-hydroxylation sites is 2. The molecule has 25 heavy (non-hydrogen) atoms. The van der Waals surface area contributed by atoms with Crippen molar-refractivity contribution in [2.75, 3.05) is 29.0 Å². The van der Waals surface area contributed by atoms with Gasteiger partial charge in [0, 0.05) is 5.02 Å². The Hall–Kier alpha value is -2.25. The first-order valence-electron chi connectivity index (χ1n) is 7.56. The number of hydrogen-bond donors (Lipinski definition) is 1. The number of carbonyl (C=O) groups is 1. The van der Waals surface area contributed by atoms with Gasteiger partial charge in [0.25, 0.3) is 0 Å². The van der Waals surface area contributed by atoms with Crippen LogP contribution in [0.2, 0.25) is 5.02 Å². The van der Waals surface area contributed by atoms with Gasteiger partial charge in [-0.05, 0) is 43.3 Å². The van der Waals surface area contributed by atoms with Gasteiger partial charge >= 0.3 is 0 Å². The van der Waals surface area contributed by atoms with Gasteiger partial charge in [0.1, 0.15) is 12.3 Å². The molecular formula is C17H19ClN2O4S. The van der Waals surface area contributed by atoms with Crippen molar-refractivity contribution < 1.29 is 17.9 Å². The van der Waals surface area contributed by atoms with E-state index in [1.54, 1.807) is 48.5 Å². The Balaban J connectivity index is 2.19. The Morgan fingerprint density at radius 1 is 1.16 bits per heavy atom. The Bertz CT molecular complexity index is 838. The summed E-state index contributed by atoms with van der Waals surface area (Å²) in [5.74, 6) is 0.0447. The third-order valence-corrected chi connectivity index (χ3v) is 4.66. The van der Waals surface area contributed by atoms with E-state index < -0.39 is 15.9 Å². The van der Waals surface area contributed by atoms with Crippen LogP contribution in [0.15, 0.2) is 48.5 Å². The number of benzene rings is 2. The van der Waals surface area contributed by atoms with Crippen LogP contribution in [0.3, 0.4) is 0 Å². The highest BCUT2D eigenvalue weighted by molar-refractivity contribution is 7.92. The fraction of sp³-hybridized carbons (Fsp3) is 0.235. The fourth-order valence-electron chi connectivity index (χ4n) is 2.18. The maximum absolute atomic E-state index is 12.4. The lowest BCUT2D eigenvalue weighted by Crippen LogP contribution is -2.37. The standard InChI is InChI=1S/C17H19ClN2O4S/c1-3-24-16-7-5-4-6-15(16)19-17(21)12-20(25(2,22)23)14-10-8-13(18)9-11-14/h4-11H,3,12H2,1-2H3,(H,19,21). The predicted molar refractivity (Wildman–Crippen MR) is 99.9 cm³/mol. The lowest BCUT2D eigenvalue weighted by atomic mass is 10.3. The first kappa shape index (κ1) is 19.1. The molecule has 0 saturated carbocycles. The summed E-state index contributed by atoms with van der Waals surface area (Å²) in [6.07, 6.45) is 1.04. The van der Waals surface area contributed by atoms with E-state index in [4.69, 9.17) is 16.3 Å². The summed E-state index contributed by atoms with van der Waals surface area (Å²) >= 11 is 5.83. The van der Waals surface area contributed by atoms with Crippen LogP contribution < -0.4 is 14.4 Å². The number of nitrogens with zero attached hydrogens (tertiary/aromatic N) is 1. The molecule has 0 atom stereocenters. The van der Waals surface area contributed by atoms with Crippen LogP contribution in [-0.4, -0.2) is 33.7 Å². The Morgan fingerprint density at radius 2 is 1.80 bits per heavy atom. The monoisotopic (exact) mass is 382 g/mol. The lowest BCUT2D eigenvalue weighted by molar-refractivity contribution is -0.114. The topological polar surface area (TPSA) is 75.7 Å². The number of ether oxygens (including phenoxy) is 1. The molecular weight excluding hydrogens is 364 g/mol. The minimum atomic E-state index is -3.64. The second-order valence-corrected chi connectivity index (χ2v) is 7.57. The zero-order chi connectivity index (χ0) is 18.4. The molecule has 0 aliphatic rings. The Kier molecular flexibility index (Phi) is 6.27. The van der Waals surface area contributed by atoms with E-state index in [0.29, 0.717) is 28.8 Å². The summed E-state index contributed by atoms with van der Waals surface area (Å²) in [5.41, 5.74) is 0.846. The summed E-state index contributed by atoms with van der Waals surface area (Å²) in [4.78, 5) is 12.4. The number of carbonyl (C=O) groups excluding carboxylic acids is 1. The van der Waals surface area contributed by atoms with E-state index in [1.165, 1.54) is 0 Å². The lowest BCUT2D eigenvalue weighted by Gasteiger charge is -2.22. The maximum atomic E-state index is 12.4. The molecule has 6 nitrogen and oxygen atoms in total. The number of amides is 1. The van der Waals surface area contributed by atoms with Gasteiger partial charge in [-0.25, -0.2) is 8.42 Å². The van der Waals surface area contributed by atoms with Crippen molar-refractivity contribution in [2.45, 2.75) is 6.92 Å². The van der Waals surface area contributed by atoms with Gasteiger partial charge in [0.15, 0.2) is 0 Å². The van der Waals surface area contributed by atoms with E-state index in [0.717, 1.165) is 10.6 Å². The molecule has 1 amide bonds. The number of hydrogen-bond acceptors (Lipinski definition) is 4. The van der Waals surface area contributed by atoms with Gasteiger partial charge in [-0.1, -0.05) is 23.7 Å². The second kappa shape index (κ2) is 8.22. The first-order chi connectivity index (χ1) is 11.8. The normalized spacial score (nSPS) is 11.0. The second-order valence-electron chi connectivity index (χ2n) is 5.22. The molecule has 0 saturated heterocycles. The molecule has 0 fully saturated rings. The van der Waals surface area contributed by atoms with Gasteiger partial charge in [0.05, 0.1) is 24.2 Å². The number of nitrogens with one attached hydrogen (secondary N) is 1. The molecule has 0 radical (unpaired) electrons. The van der Waals surface area contributed by atoms with Crippen molar-refractivity contribution in [3.05, 3.63) is 53.6 Å². The average Bonchev–Trinajstić information content (AvgIpc) is 2.55. The number of anilines is 2. The molecule has 0 bridgehead atoms. The van der Waals surface area contributed by atoms with Gasteiger partial charge in [0.2, 0.25) is 15.9 Å². The molecule has 0 aliphatic carbocycles. The zero-order valence-corrected chi connectivity index (χ0v) is 15.5. The third-order valence-electron chi connectivity index (χ3n) is 3.26. The maximum Gasteiger partial charge on any atom is 0.245 e. The van der Waals surface area contributed by atoms with Crippen LogP contribution >= 0.6 is 11.6 Å². The summed E-state index contributed by atoms with van der Waals surface area (Å²) in [7, 11) is -3.64. The molecule has 2 rings (SSSR count). The summed E-state index contributed by atoms with van der Waals surface area (Å²) in [6.45, 7) is 1.93. The minimum absolute atomic E-state index is 0.360. The summed E-state index contributed by atoms with van der Waals surface area (Å²) < 4.78 is 30.6. The largest absolute Gasteiger partial charge is 0.492 e. The van der Waals surface area contributed by atoms with Crippen molar-refractivity contribution in [1.82, 2.24) is 0 Å². The highest BCUT2D eigenvalue weighted by Crippen LogP contribution is 2.24. The van der Waals surface area contributed by atoms with E-state index in [-0.39, 0.29) is 6.54 Å². The van der Waals surface area contributed by atoms with Crippen molar-refractivity contribution in [1.29, 1.82) is 0 Å². The highest BCUT2D eigenvalue weighted by atomic mass is 35.5. The van der Waals surface area contributed by atoms with E-state index in [9.17, 15) is 13.2 Å². The molecule has 134 valence electrons. The summed E-state index contributed by atoms with van der Waals surface area (Å²) in [5, 5.41) is 3.16. The van der Waals surface area contributed by atoms with Gasteiger partial charge in [-0.15, -0.1) is 0 Å². The van der Waals surface area contributed by atoms with E-state index in [1.807, 2.05) is 6.92 Å². The SMILES string of the molecule is CCOc1ccccc1NC(=O)CN(c1ccc(Cl)cc1)S(C)(=O)=O. The predicted octanol–water partition coefficient (Wildman–Crippen LogP) is 3.14. The van der Waals surface area contributed by atoms with Gasteiger partial charge in [-0.3, -0.25) is 9.10 Å². The molecule has 2 aromatic rings. The zero-order valence-electron chi connectivity index (χ0n) is 13.9. The van der Waals surface area contributed by atoms with Crippen LogP contribution in [0.1, 0.15) is 6.92 Å². The number of sulfonamides is 1. The van der Waals surface area contributed by atoms with Crippen molar-refractivity contribution in [3.8, 4) is 5.75 Å². The molecule has 0 aliphatic heterocycles. The highest BCUT2D eigenvalue weighted by Gasteiger charge is 2.21. The smallest absolute Gasteiger partial charge is 0.245 e. The molecule has 2 aromatic carbocycles. The Labute approximate surface area is 152 Å². The van der Waals surface area contributed by atoms with Crippen LogP contribution in [0.5, 0.6) is 5.75 Å². The quantitative estimate of drug-likeness (QED) is 0.798. The van der Waals surface area contributed by atoms with Crippen molar-refractivity contribution >= 4 is 38.9 Å². The molecule has 1 N–H and O–H groups in total. The van der Waals surface area contributed by atoms with Gasteiger partial charge < -0.3 is 10.1 Å². The van der Waals surface area contributed by atoms with Gasteiger partial charge in [-0.2, -0.15) is 0 Å². The van der Waals surface area contributed by atoms with Crippen LogP contribution in [0, 0.1) is 0 Å². The van der Waals surface area contributed by atoms with Crippen LogP contribution in [0.4, 0.5) is 11.4 Å². The Morgan fingerprint density at radius 3 is 2.40 bits per heavy atom. The fourth-order valence-corrected chi connectivity index (χ4v) is 3.16. The number of halogens is 1. The minimum Gasteiger partial charge on any atom is -0.492 e.